The zero-order chi connectivity index (χ0) is 30.1. The van der Waals surface area contributed by atoms with Gasteiger partial charge in [0.2, 0.25) is 0 Å². The molecule has 0 saturated carbocycles. The van der Waals surface area contributed by atoms with E-state index in [0.29, 0.717) is 28.4 Å². The molecule has 2 heterocycles. The predicted molar refractivity (Wildman–Crippen MR) is 186 cm³/mol. The van der Waals surface area contributed by atoms with Crippen molar-refractivity contribution in [1.82, 2.24) is 14.8 Å². The van der Waals surface area contributed by atoms with Crippen molar-refractivity contribution in [1.29, 1.82) is 0 Å². The molecule has 2 N–H and O–H groups in total. The number of carbonyl (C=O) groups excluding carboxylic acids is 1. The number of phenolic OH excluding ortho intramolecular Hbond substituents is 1. The highest BCUT2D eigenvalue weighted by Gasteiger charge is 2.28. The lowest BCUT2D eigenvalue weighted by molar-refractivity contribution is 0.0901. The average Bonchev–Trinajstić information content (AvgIpc) is 3.21. The van der Waals surface area contributed by atoms with E-state index < -0.39 is 0 Å². The Morgan fingerprint density at radius 3 is 2.23 bits per heavy atom. The second kappa shape index (κ2) is 14.1. The Balaban J connectivity index is 0.00000423. The largest absolute Gasteiger partial charge is 0.507 e. The molecule has 5 rings (SSSR count). The topological polar surface area (TPSA) is 57.5 Å². The number of carbonyl (C=O) groups is 1. The van der Waals surface area contributed by atoms with Gasteiger partial charge in [-0.25, -0.2) is 0 Å². The highest BCUT2D eigenvalue weighted by atomic mass is 79.9. The number of nitrogens with zero attached hydrogens (tertiary/aromatic N) is 2. The van der Waals surface area contributed by atoms with Crippen LogP contribution in [0.15, 0.2) is 57.9 Å². The number of aryl methyl sites for hydroxylation is 4. The summed E-state index contributed by atoms with van der Waals surface area (Å²) >= 11 is 5.33. The lowest BCUT2D eigenvalue weighted by Gasteiger charge is -2.34. The number of aromatic hydroxyl groups is 1. The van der Waals surface area contributed by atoms with Gasteiger partial charge in [0, 0.05) is 53.4 Å². The smallest absolute Gasteiger partial charge is 0.253 e. The van der Waals surface area contributed by atoms with Crippen LogP contribution in [0.5, 0.6) is 5.75 Å². The first kappa shape index (κ1) is 33.4. The fourth-order valence-electron chi connectivity index (χ4n) is 6.22. The van der Waals surface area contributed by atoms with Crippen LogP contribution < -0.4 is 5.32 Å². The van der Waals surface area contributed by atoms with Crippen LogP contribution in [0.25, 0.3) is 10.9 Å². The first-order chi connectivity index (χ1) is 20.0. The molecule has 1 aliphatic rings. The van der Waals surface area contributed by atoms with E-state index in [1.165, 1.54) is 32.7 Å². The number of halogens is 2. The third kappa shape index (κ3) is 7.44. The lowest BCUT2D eigenvalue weighted by Crippen LogP contribution is -2.46. The standard InChI is InChI=1S/C35H42BrN3O2S.ClH/c1-21(2)38-13-11-27(12-14-38)37-35(41)33-28-17-32(40)29(36)18-30(28)39(19-26-9-7-22(3)8-10-26)31(33)20-42-34-24(5)15-23(4)16-25(34)6;/h7-10,15-18,21,27,40H,11-14,19-20H2,1-6H3,(H,37,41);1H. The van der Waals surface area contributed by atoms with Crippen molar-refractivity contribution < 1.29 is 9.90 Å². The Morgan fingerprint density at radius 1 is 1.00 bits per heavy atom. The molecule has 0 atom stereocenters. The van der Waals surface area contributed by atoms with E-state index in [2.05, 4.69) is 109 Å². The number of hydrogen-bond acceptors (Lipinski definition) is 4. The third-order valence-corrected chi connectivity index (χ3v) is 10.5. The summed E-state index contributed by atoms with van der Waals surface area (Å²) < 4.78 is 2.89. The Bertz CT molecular complexity index is 1590. The van der Waals surface area contributed by atoms with E-state index >= 15 is 0 Å². The number of piperidine rings is 1. The monoisotopic (exact) mass is 683 g/mol. The molecule has 1 aromatic heterocycles. The van der Waals surface area contributed by atoms with E-state index in [0.717, 1.165) is 42.5 Å². The quantitative estimate of drug-likeness (QED) is 0.182. The van der Waals surface area contributed by atoms with E-state index in [1.54, 1.807) is 17.8 Å². The molecule has 230 valence electrons. The van der Waals surface area contributed by atoms with Gasteiger partial charge in [-0.1, -0.05) is 47.5 Å². The number of aromatic nitrogens is 1. The van der Waals surface area contributed by atoms with Crippen molar-refractivity contribution >= 4 is 56.9 Å². The lowest BCUT2D eigenvalue weighted by atomic mass is 10.0. The fourth-order valence-corrected chi connectivity index (χ4v) is 7.71. The number of likely N-dealkylation sites (tertiary alicyclic amines) is 1. The second-order valence-electron chi connectivity index (χ2n) is 12.1. The minimum absolute atomic E-state index is 0. The molecular weight excluding hydrogens is 642 g/mol. The molecule has 1 fully saturated rings. The molecule has 4 aromatic rings. The molecule has 43 heavy (non-hydrogen) atoms. The number of thioether (sulfide) groups is 1. The molecule has 5 nitrogen and oxygen atoms in total. The minimum atomic E-state index is -0.0553. The number of benzene rings is 3. The van der Waals surface area contributed by atoms with Gasteiger partial charge in [0.25, 0.3) is 5.91 Å². The van der Waals surface area contributed by atoms with Gasteiger partial charge < -0.3 is 19.9 Å². The summed E-state index contributed by atoms with van der Waals surface area (Å²) in [6.45, 7) is 15.6. The maximum atomic E-state index is 14.2. The Kier molecular flexibility index (Phi) is 11.0. The van der Waals surface area contributed by atoms with Crippen molar-refractivity contribution in [2.24, 2.45) is 0 Å². The van der Waals surface area contributed by atoms with Crippen molar-refractivity contribution in [2.45, 2.75) is 83.7 Å². The Hall–Kier alpha value is -2.45. The molecule has 3 aromatic carbocycles. The molecule has 1 aliphatic heterocycles. The molecular formula is C35H43BrClN3O2S. The summed E-state index contributed by atoms with van der Waals surface area (Å²) in [6.07, 6.45) is 1.88. The first-order valence-corrected chi connectivity index (χ1v) is 16.6. The van der Waals surface area contributed by atoms with E-state index in [4.69, 9.17) is 0 Å². The van der Waals surface area contributed by atoms with Crippen molar-refractivity contribution in [3.63, 3.8) is 0 Å². The van der Waals surface area contributed by atoms with Gasteiger partial charge in [0.1, 0.15) is 5.75 Å². The number of nitrogens with one attached hydrogen (secondary N) is 1. The zero-order valence-corrected chi connectivity index (χ0v) is 29.2. The van der Waals surface area contributed by atoms with Gasteiger partial charge in [-0.3, -0.25) is 4.79 Å². The highest BCUT2D eigenvalue weighted by molar-refractivity contribution is 9.10. The average molecular weight is 685 g/mol. The molecule has 1 amide bonds. The normalized spacial score (nSPS) is 14.3. The number of rotatable bonds is 8. The second-order valence-corrected chi connectivity index (χ2v) is 13.9. The van der Waals surface area contributed by atoms with Crippen molar-refractivity contribution in [2.75, 3.05) is 13.1 Å². The number of hydrogen-bond donors (Lipinski definition) is 2. The van der Waals surface area contributed by atoms with Gasteiger partial charge in [-0.15, -0.1) is 24.2 Å². The minimum Gasteiger partial charge on any atom is -0.507 e. The van der Waals surface area contributed by atoms with E-state index in [9.17, 15) is 9.90 Å². The maximum absolute atomic E-state index is 14.2. The Morgan fingerprint density at radius 2 is 1.63 bits per heavy atom. The molecule has 0 spiro atoms. The summed E-state index contributed by atoms with van der Waals surface area (Å²) in [7, 11) is 0. The van der Waals surface area contributed by atoms with Crippen LogP contribution in [-0.4, -0.2) is 45.7 Å². The first-order valence-electron chi connectivity index (χ1n) is 14.9. The molecule has 0 unspecified atom stereocenters. The molecule has 8 heteroatoms. The summed E-state index contributed by atoms with van der Waals surface area (Å²) in [5, 5.41) is 14.9. The van der Waals surface area contributed by atoms with Crippen LogP contribution in [0.1, 0.15) is 70.6 Å². The van der Waals surface area contributed by atoms with Crippen LogP contribution in [0, 0.1) is 27.7 Å². The predicted octanol–water partition coefficient (Wildman–Crippen LogP) is 8.71. The van der Waals surface area contributed by atoms with Crippen LogP contribution in [0.4, 0.5) is 0 Å². The molecule has 0 radical (unpaired) electrons. The summed E-state index contributed by atoms with van der Waals surface area (Å²) in [6, 6.07) is 17.4. The fraction of sp³-hybridized carbons (Fsp3) is 0.400. The molecule has 0 aliphatic carbocycles. The maximum Gasteiger partial charge on any atom is 0.253 e. The van der Waals surface area contributed by atoms with Crippen LogP contribution in [0.2, 0.25) is 0 Å². The van der Waals surface area contributed by atoms with E-state index in [-0.39, 0.29) is 30.1 Å². The molecule has 1 saturated heterocycles. The number of amides is 1. The number of fused-ring (bicyclic) bond motifs is 1. The van der Waals surface area contributed by atoms with Gasteiger partial charge >= 0.3 is 0 Å². The van der Waals surface area contributed by atoms with Crippen molar-refractivity contribution in [3.8, 4) is 5.75 Å². The summed E-state index contributed by atoms with van der Waals surface area (Å²) in [5.41, 5.74) is 8.73. The van der Waals surface area contributed by atoms with Crippen LogP contribution >= 0.6 is 40.1 Å². The Labute approximate surface area is 275 Å². The highest BCUT2D eigenvalue weighted by Crippen LogP contribution is 2.39. The van der Waals surface area contributed by atoms with Gasteiger partial charge in [-0.05, 0) is 99.1 Å². The number of phenols is 1. The SMILES string of the molecule is Cc1ccc(Cn2c(CSc3c(C)cc(C)cc3C)c(C(=O)NC3CCN(C(C)C)CC3)c3cc(O)c(Br)cc32)cc1.Cl. The van der Waals surface area contributed by atoms with Gasteiger partial charge in [-0.2, -0.15) is 0 Å². The van der Waals surface area contributed by atoms with Crippen LogP contribution in [0.3, 0.4) is 0 Å². The van der Waals surface area contributed by atoms with E-state index in [1.807, 2.05) is 6.07 Å². The van der Waals surface area contributed by atoms with Gasteiger partial charge in [0.05, 0.1) is 15.6 Å². The molecule has 0 bridgehead atoms. The zero-order valence-electron chi connectivity index (χ0n) is 26.0. The van der Waals surface area contributed by atoms with Crippen LogP contribution in [-0.2, 0) is 12.3 Å². The summed E-state index contributed by atoms with van der Waals surface area (Å²) in [5.74, 6) is 0.720. The van der Waals surface area contributed by atoms with Crippen molar-refractivity contribution in [3.05, 3.63) is 92.1 Å². The van der Waals surface area contributed by atoms with Gasteiger partial charge in [0.15, 0.2) is 0 Å². The third-order valence-electron chi connectivity index (χ3n) is 8.48. The summed E-state index contributed by atoms with van der Waals surface area (Å²) in [4.78, 5) is 17.9.